The van der Waals surface area contributed by atoms with Crippen LogP contribution in [-0.4, -0.2) is 10.8 Å². The summed E-state index contributed by atoms with van der Waals surface area (Å²) in [5, 5.41) is 10.2. The van der Waals surface area contributed by atoms with Crippen molar-refractivity contribution in [1.82, 2.24) is 0 Å². The van der Waals surface area contributed by atoms with Gasteiger partial charge in [0.2, 0.25) is 0 Å². The number of aliphatic hydroxyl groups is 1. The molecular formula is C18H23NO. The first kappa shape index (κ1) is 14.8. The topological polar surface area (TPSA) is 46.2 Å². The maximum atomic E-state index is 10.2. The Balaban J connectivity index is 1.73. The van der Waals surface area contributed by atoms with Gasteiger partial charge in [-0.1, -0.05) is 60.7 Å². The van der Waals surface area contributed by atoms with E-state index in [2.05, 4.69) is 24.3 Å². The summed E-state index contributed by atoms with van der Waals surface area (Å²) in [5.74, 6) is 0. The van der Waals surface area contributed by atoms with Gasteiger partial charge in [-0.15, -0.1) is 0 Å². The second-order valence-electron chi connectivity index (χ2n) is 5.43. The molecule has 0 aliphatic carbocycles. The van der Waals surface area contributed by atoms with E-state index >= 15 is 0 Å². The lowest BCUT2D eigenvalue weighted by Crippen LogP contribution is -2.40. The fourth-order valence-corrected chi connectivity index (χ4v) is 2.37. The monoisotopic (exact) mass is 269 g/mol. The molecule has 2 aromatic rings. The molecule has 0 radical (unpaired) electrons. The zero-order chi connectivity index (χ0) is 14.3. The van der Waals surface area contributed by atoms with Crippen molar-refractivity contribution in [3.05, 3.63) is 71.8 Å². The Kier molecular flexibility index (Phi) is 5.33. The molecule has 0 fully saturated rings. The molecule has 0 saturated heterocycles. The predicted molar refractivity (Wildman–Crippen MR) is 83.3 cm³/mol. The Labute approximate surface area is 121 Å². The van der Waals surface area contributed by atoms with Crippen molar-refractivity contribution in [1.29, 1.82) is 0 Å². The van der Waals surface area contributed by atoms with E-state index in [1.54, 1.807) is 0 Å². The van der Waals surface area contributed by atoms with Crippen LogP contribution in [0.15, 0.2) is 60.7 Å². The van der Waals surface area contributed by atoms with Gasteiger partial charge in [-0.25, -0.2) is 0 Å². The molecule has 0 aromatic heterocycles. The summed E-state index contributed by atoms with van der Waals surface area (Å²) in [6.07, 6.45) is 3.93. The van der Waals surface area contributed by atoms with Crippen molar-refractivity contribution in [3.63, 3.8) is 0 Å². The summed E-state index contributed by atoms with van der Waals surface area (Å²) in [6, 6.07) is 20.5. The van der Waals surface area contributed by atoms with E-state index in [-0.39, 0.29) is 0 Å². The summed E-state index contributed by atoms with van der Waals surface area (Å²) in [4.78, 5) is 0. The van der Waals surface area contributed by atoms with Crippen LogP contribution in [0.1, 0.15) is 30.4 Å². The van der Waals surface area contributed by atoms with Crippen molar-refractivity contribution in [3.8, 4) is 0 Å². The Bertz CT molecular complexity index is 493. The molecule has 2 rings (SSSR count). The van der Waals surface area contributed by atoms with Crippen LogP contribution < -0.4 is 5.73 Å². The molecular weight excluding hydrogens is 246 g/mol. The van der Waals surface area contributed by atoms with Gasteiger partial charge >= 0.3 is 0 Å². The van der Waals surface area contributed by atoms with Gasteiger partial charge in [-0.2, -0.15) is 0 Å². The summed E-state index contributed by atoms with van der Waals surface area (Å²) >= 11 is 0. The van der Waals surface area contributed by atoms with E-state index in [4.69, 9.17) is 5.73 Å². The van der Waals surface area contributed by atoms with Crippen LogP contribution in [0.25, 0.3) is 0 Å². The number of benzene rings is 2. The SMILES string of the molecule is NC(O)(CCCc1ccccc1)CCc1ccccc1. The van der Waals surface area contributed by atoms with Crippen molar-refractivity contribution in [2.24, 2.45) is 5.73 Å². The van der Waals surface area contributed by atoms with E-state index in [1.165, 1.54) is 11.1 Å². The molecule has 1 unspecified atom stereocenters. The highest BCUT2D eigenvalue weighted by molar-refractivity contribution is 5.15. The summed E-state index contributed by atoms with van der Waals surface area (Å²) in [7, 11) is 0. The molecule has 0 saturated carbocycles. The van der Waals surface area contributed by atoms with Gasteiger partial charge < -0.3 is 10.8 Å². The van der Waals surface area contributed by atoms with Crippen molar-refractivity contribution in [2.45, 2.75) is 37.8 Å². The van der Waals surface area contributed by atoms with Gasteiger partial charge in [-0.05, 0) is 43.2 Å². The molecule has 2 nitrogen and oxygen atoms in total. The Morgan fingerprint density at radius 1 is 0.750 bits per heavy atom. The second kappa shape index (κ2) is 7.22. The van der Waals surface area contributed by atoms with Crippen molar-refractivity contribution in [2.75, 3.05) is 0 Å². The quantitative estimate of drug-likeness (QED) is 0.758. The molecule has 0 bridgehead atoms. The molecule has 0 aliphatic rings. The molecule has 0 aliphatic heterocycles. The lowest BCUT2D eigenvalue weighted by atomic mass is 9.97. The number of hydrogen-bond acceptors (Lipinski definition) is 2. The zero-order valence-corrected chi connectivity index (χ0v) is 11.8. The van der Waals surface area contributed by atoms with E-state index < -0.39 is 5.72 Å². The number of hydrogen-bond donors (Lipinski definition) is 2. The van der Waals surface area contributed by atoms with Crippen LogP contribution in [0.3, 0.4) is 0 Å². The number of nitrogens with two attached hydrogens (primary N) is 1. The lowest BCUT2D eigenvalue weighted by Gasteiger charge is -2.23. The molecule has 20 heavy (non-hydrogen) atoms. The highest BCUT2D eigenvalue weighted by Crippen LogP contribution is 2.16. The third-order valence-electron chi connectivity index (χ3n) is 3.61. The van der Waals surface area contributed by atoms with Gasteiger partial charge in [0.15, 0.2) is 0 Å². The normalized spacial score (nSPS) is 13.9. The van der Waals surface area contributed by atoms with Crippen LogP contribution in [0.5, 0.6) is 0 Å². The first-order valence-corrected chi connectivity index (χ1v) is 7.25. The third-order valence-corrected chi connectivity index (χ3v) is 3.61. The van der Waals surface area contributed by atoms with Gasteiger partial charge in [0, 0.05) is 0 Å². The van der Waals surface area contributed by atoms with Gasteiger partial charge in [0.25, 0.3) is 0 Å². The van der Waals surface area contributed by atoms with Crippen LogP contribution in [0.4, 0.5) is 0 Å². The molecule has 2 aromatic carbocycles. The molecule has 1 atom stereocenters. The smallest absolute Gasteiger partial charge is 0.113 e. The zero-order valence-electron chi connectivity index (χ0n) is 11.8. The van der Waals surface area contributed by atoms with Crippen LogP contribution in [0, 0.1) is 0 Å². The van der Waals surface area contributed by atoms with Crippen molar-refractivity contribution >= 4 is 0 Å². The summed E-state index contributed by atoms with van der Waals surface area (Å²) in [5.41, 5.74) is 7.44. The Morgan fingerprint density at radius 3 is 1.80 bits per heavy atom. The Hall–Kier alpha value is -1.64. The third kappa shape index (κ3) is 5.16. The summed E-state index contributed by atoms with van der Waals surface area (Å²) in [6.45, 7) is 0. The van der Waals surface area contributed by atoms with E-state index in [0.717, 1.165) is 19.3 Å². The van der Waals surface area contributed by atoms with E-state index in [1.807, 2.05) is 36.4 Å². The molecule has 0 heterocycles. The molecule has 106 valence electrons. The molecule has 2 heteroatoms. The standard InChI is InChI=1S/C18H23NO/c19-18(20,15-13-17-10-5-2-6-11-17)14-7-12-16-8-3-1-4-9-16/h1-6,8-11,20H,7,12-15,19H2. The number of aryl methyl sites for hydroxylation is 2. The largest absolute Gasteiger partial charge is 0.376 e. The van der Waals surface area contributed by atoms with Gasteiger partial charge in [0.05, 0.1) is 0 Å². The van der Waals surface area contributed by atoms with Gasteiger partial charge in [-0.3, -0.25) is 0 Å². The highest BCUT2D eigenvalue weighted by atomic mass is 16.3. The number of rotatable bonds is 7. The maximum Gasteiger partial charge on any atom is 0.113 e. The van der Waals surface area contributed by atoms with Crippen molar-refractivity contribution < 1.29 is 5.11 Å². The minimum atomic E-state index is -1.06. The summed E-state index contributed by atoms with van der Waals surface area (Å²) < 4.78 is 0. The van der Waals surface area contributed by atoms with E-state index in [9.17, 15) is 5.11 Å². The minimum absolute atomic E-state index is 0.603. The minimum Gasteiger partial charge on any atom is -0.376 e. The van der Waals surface area contributed by atoms with E-state index in [0.29, 0.717) is 12.8 Å². The molecule has 0 amide bonds. The fourth-order valence-electron chi connectivity index (χ4n) is 2.37. The average Bonchev–Trinajstić information content (AvgIpc) is 2.47. The van der Waals surface area contributed by atoms with Crippen LogP contribution in [-0.2, 0) is 12.8 Å². The first-order chi connectivity index (χ1) is 9.66. The lowest BCUT2D eigenvalue weighted by molar-refractivity contribution is 0.0276. The van der Waals surface area contributed by atoms with Crippen LogP contribution in [0.2, 0.25) is 0 Å². The fraction of sp³-hybridized carbons (Fsp3) is 0.333. The maximum absolute atomic E-state index is 10.2. The second-order valence-corrected chi connectivity index (χ2v) is 5.43. The first-order valence-electron chi connectivity index (χ1n) is 7.25. The van der Waals surface area contributed by atoms with Crippen LogP contribution >= 0.6 is 0 Å². The average molecular weight is 269 g/mol. The molecule has 0 spiro atoms. The Morgan fingerprint density at radius 2 is 1.25 bits per heavy atom. The molecule has 3 N–H and O–H groups in total. The predicted octanol–water partition coefficient (Wildman–Crippen LogP) is 3.29. The van der Waals surface area contributed by atoms with Gasteiger partial charge in [0.1, 0.15) is 5.72 Å². The highest BCUT2D eigenvalue weighted by Gasteiger charge is 2.19.